The lowest BCUT2D eigenvalue weighted by Gasteiger charge is -2.62. The van der Waals surface area contributed by atoms with Gasteiger partial charge in [-0.25, -0.2) is 0 Å². The van der Waals surface area contributed by atoms with Gasteiger partial charge >= 0.3 is 0 Å². The van der Waals surface area contributed by atoms with Crippen LogP contribution in [0.1, 0.15) is 65.7 Å². The second-order valence-corrected chi connectivity index (χ2v) is 10.1. The molecule has 168 valence electrons. The number of aliphatic hydroxyl groups is 4. The van der Waals surface area contributed by atoms with E-state index >= 15 is 0 Å². The number of Topliss-reactive ketones (excluding diaryl/α,β-unsaturated/α-hetero) is 1. The lowest BCUT2D eigenvalue weighted by atomic mass is 9.43. The van der Waals surface area contributed by atoms with Gasteiger partial charge in [-0.05, 0) is 68.1 Å². The van der Waals surface area contributed by atoms with Gasteiger partial charge in [0.1, 0.15) is 11.7 Å². The lowest BCUT2D eigenvalue weighted by Crippen LogP contribution is -2.61. The van der Waals surface area contributed by atoms with Crippen molar-refractivity contribution in [3.8, 4) is 25.7 Å². The Balaban J connectivity index is 0.000000757. The van der Waals surface area contributed by atoms with Gasteiger partial charge in [0.05, 0.1) is 12.2 Å². The van der Waals surface area contributed by atoms with Crippen LogP contribution in [-0.2, 0) is 4.79 Å². The average Bonchev–Trinajstić information content (AvgIpc) is 2.90. The molecule has 4 saturated carbocycles. The number of aliphatic hydroxyl groups excluding tert-OH is 3. The molecule has 0 spiro atoms. The number of hydrogen-bond acceptors (Lipinski definition) is 5. The molecule has 4 fully saturated rings. The highest BCUT2D eigenvalue weighted by Gasteiger charge is 2.72. The van der Waals surface area contributed by atoms with Crippen LogP contribution in [0.3, 0.4) is 0 Å². The van der Waals surface area contributed by atoms with Crippen LogP contribution in [0.2, 0.25) is 0 Å². The second kappa shape index (κ2) is 8.64. The quantitative estimate of drug-likeness (QED) is 0.489. The Kier molecular flexibility index (Phi) is 7.17. The summed E-state index contributed by atoms with van der Waals surface area (Å²) < 4.78 is 0. The first kappa shape index (κ1) is 24.9. The average molecular weight is 419 g/mol. The summed E-state index contributed by atoms with van der Waals surface area (Å²) in [5.41, 5.74) is -2.15. The molecule has 4 aliphatic rings. The van der Waals surface area contributed by atoms with Crippen LogP contribution in [0, 0.1) is 60.2 Å². The fraction of sp³-hybridized carbons (Fsp3) is 0.800. The van der Waals surface area contributed by atoms with Crippen molar-refractivity contribution in [3.63, 3.8) is 0 Å². The van der Waals surface area contributed by atoms with E-state index in [4.69, 9.17) is 0 Å². The molecule has 4 rings (SSSR count). The summed E-state index contributed by atoms with van der Waals surface area (Å²) >= 11 is 0. The van der Waals surface area contributed by atoms with Crippen LogP contribution in [0.15, 0.2) is 0 Å². The third kappa shape index (κ3) is 3.14. The van der Waals surface area contributed by atoms with Crippen molar-refractivity contribution in [2.24, 2.45) is 34.5 Å². The Morgan fingerprint density at radius 2 is 1.60 bits per heavy atom. The van der Waals surface area contributed by atoms with E-state index in [0.717, 1.165) is 25.7 Å². The monoisotopic (exact) mass is 418 g/mol. The van der Waals surface area contributed by atoms with E-state index in [9.17, 15) is 25.2 Å². The van der Waals surface area contributed by atoms with E-state index in [0.29, 0.717) is 19.3 Å². The molecular formula is C25H38O5. The summed E-state index contributed by atoms with van der Waals surface area (Å²) in [6.07, 6.45) is 18.9. The largest absolute Gasteiger partial charge is 0.393 e. The highest BCUT2D eigenvalue weighted by Crippen LogP contribution is 2.67. The molecule has 4 aliphatic carbocycles. The molecule has 0 amide bonds. The number of terminal acetylenes is 2. The minimum absolute atomic E-state index is 0.0279. The van der Waals surface area contributed by atoms with Crippen molar-refractivity contribution in [2.45, 2.75) is 89.6 Å². The van der Waals surface area contributed by atoms with Gasteiger partial charge in [0.15, 0.2) is 5.78 Å². The number of rotatable bonds is 1. The van der Waals surface area contributed by atoms with Crippen molar-refractivity contribution in [3.05, 3.63) is 0 Å². The molecule has 4 N–H and O–H groups in total. The molecule has 0 radical (unpaired) electrons. The molecule has 30 heavy (non-hydrogen) atoms. The molecular weight excluding hydrogens is 380 g/mol. The Morgan fingerprint density at radius 1 is 1.00 bits per heavy atom. The maximum absolute atomic E-state index is 12.8. The first-order chi connectivity index (χ1) is 14.1. The van der Waals surface area contributed by atoms with Crippen molar-refractivity contribution in [1.29, 1.82) is 0 Å². The predicted octanol–water partition coefficient (Wildman–Crippen LogP) is 2.15. The maximum atomic E-state index is 12.8. The molecule has 5 heteroatoms. The topological polar surface area (TPSA) is 98.0 Å². The number of fused-ring (bicyclic) bond motifs is 5. The molecule has 3 unspecified atom stereocenters. The summed E-state index contributed by atoms with van der Waals surface area (Å²) in [7, 11) is 0. The van der Waals surface area contributed by atoms with Gasteiger partial charge in [-0.15, -0.1) is 25.7 Å². The first-order valence-electron chi connectivity index (χ1n) is 11.1. The van der Waals surface area contributed by atoms with Crippen LogP contribution in [0.5, 0.6) is 0 Å². The Morgan fingerprint density at radius 3 is 2.17 bits per heavy atom. The molecule has 0 aromatic carbocycles. The van der Waals surface area contributed by atoms with Gasteiger partial charge in [-0.1, -0.05) is 20.8 Å². The molecule has 0 heterocycles. The number of carbonyl (C=O) groups is 1. The molecule has 0 aromatic heterocycles. The Labute approximate surface area is 181 Å². The summed E-state index contributed by atoms with van der Waals surface area (Å²) in [6.45, 7) is 6.03. The summed E-state index contributed by atoms with van der Waals surface area (Å²) in [4.78, 5) is 12.8. The van der Waals surface area contributed by atoms with E-state index in [1.165, 1.54) is 0 Å². The number of ketones is 1. The molecule has 0 bridgehead atoms. The highest BCUT2D eigenvalue weighted by molar-refractivity contribution is 5.95. The van der Waals surface area contributed by atoms with Gasteiger partial charge < -0.3 is 20.4 Å². The molecule has 0 aliphatic heterocycles. The smallest absolute Gasteiger partial charge is 0.193 e. The van der Waals surface area contributed by atoms with E-state index < -0.39 is 34.9 Å². The molecule has 10 atom stereocenters. The third-order valence-electron chi connectivity index (χ3n) is 9.39. The third-order valence-corrected chi connectivity index (χ3v) is 9.39. The first-order valence-corrected chi connectivity index (χ1v) is 11.1. The van der Waals surface area contributed by atoms with E-state index in [1.54, 1.807) is 0 Å². The molecule has 5 nitrogen and oxygen atoms in total. The molecule has 0 aromatic rings. The van der Waals surface area contributed by atoms with Gasteiger partial charge in [0, 0.05) is 11.3 Å². The van der Waals surface area contributed by atoms with Crippen LogP contribution < -0.4 is 0 Å². The normalized spacial score (nSPS) is 51.7. The van der Waals surface area contributed by atoms with Crippen molar-refractivity contribution < 1.29 is 25.2 Å². The van der Waals surface area contributed by atoms with Crippen LogP contribution in [-0.4, -0.2) is 50.1 Å². The van der Waals surface area contributed by atoms with Crippen LogP contribution in [0.25, 0.3) is 0 Å². The zero-order valence-electron chi connectivity index (χ0n) is 18.5. The second-order valence-electron chi connectivity index (χ2n) is 10.1. The van der Waals surface area contributed by atoms with Crippen molar-refractivity contribution in [2.75, 3.05) is 0 Å². The van der Waals surface area contributed by atoms with E-state index in [-0.39, 0.29) is 29.3 Å². The van der Waals surface area contributed by atoms with Gasteiger partial charge in [-0.3, -0.25) is 4.79 Å². The highest BCUT2D eigenvalue weighted by atomic mass is 16.3. The van der Waals surface area contributed by atoms with Gasteiger partial charge in [0.25, 0.3) is 0 Å². The predicted molar refractivity (Wildman–Crippen MR) is 116 cm³/mol. The summed E-state index contributed by atoms with van der Waals surface area (Å²) in [6, 6.07) is 0. The van der Waals surface area contributed by atoms with Gasteiger partial charge in [-0.2, -0.15) is 0 Å². The van der Waals surface area contributed by atoms with E-state index in [1.807, 2.05) is 13.8 Å². The standard InChI is InChI=1S/C21H34O5.2C2H2/c1-4-21(26)18(25)17(24)16-15-13(6-8-20(16,21)3)19(2)7-5-12(22)9-11(19)10-14(15)23;2*1-2/h11-17,22-24,26H,4-10H2,1-3H3;2*1-2H/t11-,12-,13?,14-,15?,16?,17+,19-,20-,21-;;/m0../s1. The van der Waals surface area contributed by atoms with Crippen LogP contribution in [0.4, 0.5) is 0 Å². The van der Waals surface area contributed by atoms with Crippen LogP contribution >= 0.6 is 0 Å². The Hall–Kier alpha value is -1.37. The number of carbonyl (C=O) groups excluding carboxylic acids is 1. The van der Waals surface area contributed by atoms with E-state index in [2.05, 4.69) is 32.6 Å². The zero-order chi connectivity index (χ0) is 23.1. The number of hydrogen-bond donors (Lipinski definition) is 4. The molecule has 0 saturated heterocycles. The summed E-state index contributed by atoms with van der Waals surface area (Å²) in [5.74, 6) is -0.496. The minimum Gasteiger partial charge on any atom is -0.393 e. The maximum Gasteiger partial charge on any atom is 0.193 e. The van der Waals surface area contributed by atoms with Crippen molar-refractivity contribution in [1.82, 2.24) is 0 Å². The fourth-order valence-electron chi connectivity index (χ4n) is 7.77. The summed E-state index contributed by atoms with van der Waals surface area (Å²) in [5, 5.41) is 43.2. The fourth-order valence-corrected chi connectivity index (χ4v) is 7.77. The van der Waals surface area contributed by atoms with Gasteiger partial charge in [0.2, 0.25) is 0 Å². The van der Waals surface area contributed by atoms with Crippen molar-refractivity contribution >= 4 is 5.78 Å². The SMILES string of the molecule is C#C.C#C.CC[C@]1(O)C(=O)[C@H](O)C2C3C(CC[C@@]21C)[C@@]1(C)CC[C@H](O)C[C@H]1C[C@@H]3O. The Bertz CT molecular complexity index is 680. The lowest BCUT2D eigenvalue weighted by molar-refractivity contribution is -0.199. The minimum atomic E-state index is -1.50. The zero-order valence-corrected chi connectivity index (χ0v) is 18.5.